The van der Waals surface area contributed by atoms with Crippen molar-refractivity contribution in [2.45, 2.75) is 39.5 Å². The van der Waals surface area contributed by atoms with Crippen molar-refractivity contribution in [3.8, 4) is 5.75 Å². The molecule has 1 aromatic carbocycles. The Morgan fingerprint density at radius 3 is 2.15 bits per heavy atom. The minimum atomic E-state index is -4.68. The van der Waals surface area contributed by atoms with Crippen LogP contribution in [0.5, 0.6) is 5.75 Å². The molecule has 26 heavy (non-hydrogen) atoms. The minimum Gasteiger partial charge on any atom is -0.497 e. The average molecular weight is 394 g/mol. The molecule has 148 valence electrons. The van der Waals surface area contributed by atoms with Crippen molar-refractivity contribution in [2.24, 2.45) is 5.92 Å². The summed E-state index contributed by atoms with van der Waals surface area (Å²) in [5, 5.41) is 0. The Kier molecular flexibility index (Phi) is 8.67. The molecule has 1 aromatic rings. The predicted octanol–water partition coefficient (Wildman–Crippen LogP) is 4.62. The molecule has 0 heterocycles. The van der Waals surface area contributed by atoms with Crippen molar-refractivity contribution in [3.63, 3.8) is 0 Å². The number of hydrogen-bond acceptors (Lipinski definition) is 6. The maximum absolute atomic E-state index is 14.5. The van der Waals surface area contributed by atoms with Crippen LogP contribution in [-0.2, 0) is 29.8 Å². The maximum atomic E-state index is 14.5. The second-order valence-electron chi connectivity index (χ2n) is 5.53. The summed E-state index contributed by atoms with van der Waals surface area (Å²) in [4.78, 5) is 11.9. The van der Waals surface area contributed by atoms with Gasteiger partial charge in [-0.05, 0) is 31.5 Å². The lowest BCUT2D eigenvalue weighted by atomic mass is 10.1. The fourth-order valence-electron chi connectivity index (χ4n) is 2.14. The number of methoxy groups -OCH3 is 1. The number of halogens is 2. The number of carbonyl (C=O) groups is 1. The summed E-state index contributed by atoms with van der Waals surface area (Å²) in [6.07, 6.45) is -0.618. The maximum Gasteiger partial charge on any atom is 0.399 e. The van der Waals surface area contributed by atoms with Crippen LogP contribution in [0.1, 0.15) is 32.8 Å². The molecule has 0 radical (unpaired) electrons. The molecule has 0 aliphatic heterocycles. The molecule has 0 saturated carbocycles. The van der Waals surface area contributed by atoms with E-state index in [1.54, 1.807) is 24.3 Å². The van der Waals surface area contributed by atoms with E-state index >= 15 is 0 Å². The first-order chi connectivity index (χ1) is 12.2. The number of hydrogen-bond donors (Lipinski definition) is 0. The third kappa shape index (κ3) is 5.76. The molecular weight excluding hydrogens is 369 g/mol. The van der Waals surface area contributed by atoms with E-state index in [9.17, 15) is 18.1 Å². The van der Waals surface area contributed by atoms with Gasteiger partial charge in [0.1, 0.15) is 12.4 Å². The molecule has 0 aliphatic rings. The normalized spacial score (nSPS) is 13.3. The molecule has 0 amide bonds. The minimum absolute atomic E-state index is 0.0598. The first-order valence-electron chi connectivity index (χ1n) is 8.25. The van der Waals surface area contributed by atoms with Gasteiger partial charge in [-0.25, -0.2) is 0 Å². The summed E-state index contributed by atoms with van der Waals surface area (Å²) in [5.41, 5.74) is -3.12. The molecule has 0 spiro atoms. The van der Waals surface area contributed by atoms with Crippen LogP contribution in [0.3, 0.4) is 0 Å². The molecule has 0 aliphatic carbocycles. The topological polar surface area (TPSA) is 71.1 Å². The quantitative estimate of drug-likeness (QED) is 0.403. The van der Waals surface area contributed by atoms with Crippen LogP contribution in [0.15, 0.2) is 24.3 Å². The second kappa shape index (κ2) is 10.00. The Bertz CT molecular complexity index is 610. The fraction of sp³-hybridized carbons (Fsp3) is 0.588. The molecule has 0 bridgehead atoms. The lowest BCUT2D eigenvalue weighted by molar-refractivity contribution is -0.148. The summed E-state index contributed by atoms with van der Waals surface area (Å²) in [6.45, 7) is 3.54. The van der Waals surface area contributed by atoms with E-state index in [0.29, 0.717) is 11.3 Å². The molecular formula is C17H25F2O6P. The van der Waals surface area contributed by atoms with E-state index in [1.165, 1.54) is 21.0 Å². The number of benzene rings is 1. The van der Waals surface area contributed by atoms with Crippen molar-refractivity contribution in [1.29, 1.82) is 0 Å². The molecule has 6 nitrogen and oxygen atoms in total. The monoisotopic (exact) mass is 394 g/mol. The van der Waals surface area contributed by atoms with Gasteiger partial charge in [-0.2, -0.15) is 8.78 Å². The SMILES string of the molecule is CCOP(=O)(OCC)C(F)(F)[C@H](C)CC(=O)OCc1ccc(OC)cc1. The van der Waals surface area contributed by atoms with Gasteiger partial charge in [0.25, 0.3) is 0 Å². The smallest absolute Gasteiger partial charge is 0.399 e. The Morgan fingerprint density at radius 1 is 1.15 bits per heavy atom. The molecule has 0 aromatic heterocycles. The van der Waals surface area contributed by atoms with Crippen molar-refractivity contribution in [3.05, 3.63) is 29.8 Å². The molecule has 0 saturated heterocycles. The summed E-state index contributed by atoms with van der Waals surface area (Å²) in [6, 6.07) is 6.78. The highest BCUT2D eigenvalue weighted by atomic mass is 31.2. The van der Waals surface area contributed by atoms with Crippen molar-refractivity contribution in [1.82, 2.24) is 0 Å². The van der Waals surface area contributed by atoms with Crippen molar-refractivity contribution < 1.29 is 36.7 Å². The number of ether oxygens (including phenoxy) is 2. The Hall–Kier alpha value is -1.50. The molecule has 9 heteroatoms. The van der Waals surface area contributed by atoms with E-state index in [1.807, 2.05) is 0 Å². The summed E-state index contributed by atoms with van der Waals surface area (Å²) in [7, 11) is -3.15. The molecule has 1 atom stereocenters. The number of carbonyl (C=O) groups excluding carboxylic acids is 1. The van der Waals surface area contributed by atoms with Gasteiger partial charge >= 0.3 is 19.2 Å². The lowest BCUT2D eigenvalue weighted by Crippen LogP contribution is -2.30. The predicted molar refractivity (Wildman–Crippen MR) is 92.4 cm³/mol. The van der Waals surface area contributed by atoms with Crippen LogP contribution in [-0.4, -0.2) is 32.0 Å². The standard InChI is InChI=1S/C17H25F2O6P/c1-5-24-26(21,25-6-2)17(18,19)13(3)11-16(20)23-12-14-7-9-15(22-4)10-8-14/h7-10,13H,5-6,11-12H2,1-4H3/t13-/m1/s1. The van der Waals surface area contributed by atoms with Gasteiger partial charge in [-0.3, -0.25) is 9.36 Å². The lowest BCUT2D eigenvalue weighted by Gasteiger charge is -2.29. The fourth-order valence-corrected chi connectivity index (χ4v) is 3.87. The molecule has 0 unspecified atom stereocenters. The Labute approximate surface area is 152 Å². The van der Waals surface area contributed by atoms with Crippen molar-refractivity contribution in [2.75, 3.05) is 20.3 Å². The van der Waals surface area contributed by atoms with E-state index < -0.39 is 31.6 Å². The van der Waals surface area contributed by atoms with E-state index in [4.69, 9.17) is 18.5 Å². The van der Waals surface area contributed by atoms with E-state index in [-0.39, 0.29) is 19.8 Å². The third-order valence-electron chi connectivity index (χ3n) is 3.59. The highest BCUT2D eigenvalue weighted by molar-refractivity contribution is 7.55. The molecule has 0 fully saturated rings. The zero-order valence-corrected chi connectivity index (χ0v) is 16.3. The first-order valence-corrected chi connectivity index (χ1v) is 9.80. The van der Waals surface area contributed by atoms with E-state index in [2.05, 4.69) is 0 Å². The van der Waals surface area contributed by atoms with Gasteiger partial charge in [0.05, 0.1) is 26.7 Å². The zero-order chi connectivity index (χ0) is 19.8. The highest BCUT2D eigenvalue weighted by Gasteiger charge is 2.57. The largest absolute Gasteiger partial charge is 0.497 e. The second-order valence-corrected chi connectivity index (χ2v) is 7.64. The van der Waals surface area contributed by atoms with Gasteiger partial charge in [0.2, 0.25) is 0 Å². The summed E-state index contributed by atoms with van der Waals surface area (Å²) < 4.78 is 60.8. The van der Waals surface area contributed by atoms with Gasteiger partial charge in [0.15, 0.2) is 0 Å². The molecule has 1 rings (SSSR count). The highest BCUT2D eigenvalue weighted by Crippen LogP contribution is 2.65. The summed E-state index contributed by atoms with van der Waals surface area (Å²) >= 11 is 0. The van der Waals surface area contributed by atoms with Gasteiger partial charge in [0, 0.05) is 5.92 Å². The van der Waals surface area contributed by atoms with Crippen LogP contribution in [0.4, 0.5) is 8.78 Å². The third-order valence-corrected chi connectivity index (χ3v) is 5.96. The Balaban J connectivity index is 2.67. The zero-order valence-electron chi connectivity index (χ0n) is 15.4. The first kappa shape index (κ1) is 22.5. The number of rotatable bonds is 11. The van der Waals surface area contributed by atoms with Crippen LogP contribution in [0, 0.1) is 5.92 Å². The van der Waals surface area contributed by atoms with E-state index in [0.717, 1.165) is 6.92 Å². The summed E-state index contributed by atoms with van der Waals surface area (Å²) in [5.74, 6) is -1.75. The number of alkyl halides is 2. The van der Waals surface area contributed by atoms with Crippen LogP contribution < -0.4 is 4.74 Å². The van der Waals surface area contributed by atoms with Gasteiger partial charge in [-0.15, -0.1) is 0 Å². The van der Waals surface area contributed by atoms with Crippen LogP contribution in [0.25, 0.3) is 0 Å². The van der Waals surface area contributed by atoms with Gasteiger partial charge in [-0.1, -0.05) is 19.1 Å². The Morgan fingerprint density at radius 2 is 1.69 bits per heavy atom. The van der Waals surface area contributed by atoms with Crippen molar-refractivity contribution >= 4 is 13.6 Å². The molecule has 0 N–H and O–H groups in total. The van der Waals surface area contributed by atoms with Crippen LogP contribution in [0.2, 0.25) is 0 Å². The average Bonchev–Trinajstić information content (AvgIpc) is 2.60. The van der Waals surface area contributed by atoms with Gasteiger partial charge < -0.3 is 18.5 Å². The number of esters is 1. The van der Waals surface area contributed by atoms with Crippen LogP contribution >= 0.6 is 7.60 Å².